The van der Waals surface area contributed by atoms with Gasteiger partial charge < -0.3 is 11.1 Å². The van der Waals surface area contributed by atoms with Crippen LogP contribution in [0.2, 0.25) is 0 Å². The molecule has 0 aromatic rings. The molecule has 1 aliphatic heterocycles. The average molecular weight is 246 g/mol. The van der Waals surface area contributed by atoms with Crippen LogP contribution < -0.4 is 11.1 Å². The molecule has 1 rings (SSSR count). The highest BCUT2D eigenvalue weighted by molar-refractivity contribution is 7.94. The second-order valence-corrected chi connectivity index (χ2v) is 5.95. The van der Waals surface area contributed by atoms with Crippen LogP contribution in [-0.2, 0) is 14.6 Å². The van der Waals surface area contributed by atoms with Crippen LogP contribution in [0, 0.1) is 0 Å². The van der Waals surface area contributed by atoms with Gasteiger partial charge in [-0.1, -0.05) is 19.8 Å². The third-order valence-electron chi connectivity index (χ3n) is 2.46. The predicted octanol–water partition coefficient (Wildman–Crippen LogP) is -0.0692. The molecule has 0 saturated carbocycles. The first-order valence-corrected chi connectivity index (χ1v) is 7.13. The summed E-state index contributed by atoms with van der Waals surface area (Å²) in [6.45, 7) is 2.02. The summed E-state index contributed by atoms with van der Waals surface area (Å²) in [6.07, 6.45) is 4.00. The van der Waals surface area contributed by atoms with Crippen LogP contribution >= 0.6 is 0 Å². The van der Waals surface area contributed by atoms with Gasteiger partial charge >= 0.3 is 0 Å². The van der Waals surface area contributed by atoms with E-state index in [1.807, 2.05) is 6.92 Å². The molecule has 2 atom stereocenters. The lowest BCUT2D eigenvalue weighted by molar-refractivity contribution is -0.122. The zero-order valence-corrected chi connectivity index (χ0v) is 10.2. The van der Waals surface area contributed by atoms with Gasteiger partial charge in [-0.3, -0.25) is 4.79 Å². The van der Waals surface area contributed by atoms with Crippen LogP contribution in [-0.4, -0.2) is 32.2 Å². The standard InChI is InChI=1S/C10H18N2O3S/c1-2-3-4-9(11)10(13)12-8-5-6-16(14,15)7-8/h5-6,8-9H,2-4,7,11H2,1H3,(H,12,13). The highest BCUT2D eigenvalue weighted by Crippen LogP contribution is 2.08. The molecule has 0 radical (unpaired) electrons. The number of nitrogens with one attached hydrogen (secondary N) is 1. The Morgan fingerprint density at radius 2 is 2.31 bits per heavy atom. The number of sulfone groups is 1. The Labute approximate surface area is 96.0 Å². The Balaban J connectivity index is 2.38. The fourth-order valence-corrected chi connectivity index (χ4v) is 2.75. The largest absolute Gasteiger partial charge is 0.347 e. The van der Waals surface area contributed by atoms with E-state index >= 15 is 0 Å². The summed E-state index contributed by atoms with van der Waals surface area (Å²) in [5.41, 5.74) is 5.66. The molecule has 0 aromatic carbocycles. The molecule has 16 heavy (non-hydrogen) atoms. The van der Waals surface area contributed by atoms with Gasteiger partial charge in [0.2, 0.25) is 5.91 Å². The van der Waals surface area contributed by atoms with Crippen LogP contribution in [0.4, 0.5) is 0 Å². The van der Waals surface area contributed by atoms with Crippen LogP contribution in [0.5, 0.6) is 0 Å². The zero-order chi connectivity index (χ0) is 12.2. The van der Waals surface area contributed by atoms with E-state index in [9.17, 15) is 13.2 Å². The first-order chi connectivity index (χ1) is 7.44. The quantitative estimate of drug-likeness (QED) is 0.710. The van der Waals surface area contributed by atoms with E-state index in [-0.39, 0.29) is 11.7 Å². The Kier molecular flexibility index (Phi) is 4.49. The summed E-state index contributed by atoms with van der Waals surface area (Å²) in [6, 6.07) is -0.971. The molecule has 3 N–H and O–H groups in total. The number of carbonyl (C=O) groups excluding carboxylic acids is 1. The summed E-state index contributed by atoms with van der Waals surface area (Å²) < 4.78 is 22.2. The van der Waals surface area contributed by atoms with Gasteiger partial charge in [-0.2, -0.15) is 0 Å². The fourth-order valence-electron chi connectivity index (χ4n) is 1.51. The molecule has 0 bridgehead atoms. The Hall–Kier alpha value is -0.880. The fraction of sp³-hybridized carbons (Fsp3) is 0.700. The van der Waals surface area contributed by atoms with Crippen molar-refractivity contribution in [1.29, 1.82) is 0 Å². The molecule has 2 unspecified atom stereocenters. The van der Waals surface area contributed by atoms with Gasteiger partial charge in [0, 0.05) is 5.41 Å². The highest BCUT2D eigenvalue weighted by atomic mass is 32.2. The molecular weight excluding hydrogens is 228 g/mol. The molecule has 0 aromatic heterocycles. The van der Waals surface area contributed by atoms with Crippen LogP contribution in [0.25, 0.3) is 0 Å². The van der Waals surface area contributed by atoms with E-state index in [2.05, 4.69) is 5.32 Å². The van der Waals surface area contributed by atoms with Crippen molar-refractivity contribution in [2.45, 2.75) is 38.3 Å². The minimum absolute atomic E-state index is 0.0563. The third kappa shape index (κ3) is 3.94. The predicted molar refractivity (Wildman–Crippen MR) is 62.4 cm³/mol. The van der Waals surface area contributed by atoms with Crippen LogP contribution in [0.15, 0.2) is 11.5 Å². The summed E-state index contributed by atoms with van der Waals surface area (Å²) >= 11 is 0. The van der Waals surface area contributed by atoms with Crippen molar-refractivity contribution in [3.63, 3.8) is 0 Å². The first-order valence-electron chi connectivity index (χ1n) is 5.41. The van der Waals surface area contributed by atoms with Gasteiger partial charge in [0.15, 0.2) is 9.84 Å². The molecule has 5 nitrogen and oxygen atoms in total. The first kappa shape index (κ1) is 13.2. The molecule has 1 aliphatic rings. The lowest BCUT2D eigenvalue weighted by atomic mass is 10.1. The summed E-state index contributed by atoms with van der Waals surface area (Å²) in [4.78, 5) is 11.6. The van der Waals surface area contributed by atoms with E-state index in [1.165, 1.54) is 6.08 Å². The number of nitrogens with two attached hydrogens (primary N) is 1. The molecule has 0 spiro atoms. The van der Waals surface area contributed by atoms with Crippen molar-refractivity contribution in [2.75, 3.05) is 5.75 Å². The molecule has 6 heteroatoms. The SMILES string of the molecule is CCCCC(N)C(=O)NC1C=CS(=O)(=O)C1. The van der Waals surface area contributed by atoms with Crippen LogP contribution in [0.1, 0.15) is 26.2 Å². The molecule has 1 heterocycles. The third-order valence-corrected chi connectivity index (χ3v) is 3.86. The Bertz CT molecular complexity index is 376. The summed E-state index contributed by atoms with van der Waals surface area (Å²) in [5, 5.41) is 3.75. The smallest absolute Gasteiger partial charge is 0.237 e. The molecule has 1 amide bonds. The maximum atomic E-state index is 11.6. The van der Waals surface area contributed by atoms with Gasteiger partial charge in [-0.05, 0) is 12.5 Å². The average Bonchev–Trinajstić information content (AvgIpc) is 2.54. The topological polar surface area (TPSA) is 89.3 Å². The molecule has 0 aliphatic carbocycles. The van der Waals surface area contributed by atoms with Gasteiger partial charge in [0.25, 0.3) is 0 Å². The van der Waals surface area contributed by atoms with Gasteiger partial charge in [-0.15, -0.1) is 0 Å². The van der Waals surface area contributed by atoms with Crippen molar-refractivity contribution in [3.05, 3.63) is 11.5 Å². The lowest BCUT2D eigenvalue weighted by Gasteiger charge is -2.14. The maximum Gasteiger partial charge on any atom is 0.237 e. The van der Waals surface area contributed by atoms with E-state index in [0.29, 0.717) is 6.42 Å². The second-order valence-electron chi connectivity index (χ2n) is 4.02. The zero-order valence-electron chi connectivity index (χ0n) is 9.35. The summed E-state index contributed by atoms with van der Waals surface area (Å²) in [5.74, 6) is -0.334. The molecular formula is C10H18N2O3S. The minimum atomic E-state index is -3.12. The minimum Gasteiger partial charge on any atom is -0.347 e. The maximum absolute atomic E-state index is 11.6. The molecule has 0 fully saturated rings. The number of rotatable bonds is 5. The van der Waals surface area contributed by atoms with Crippen molar-refractivity contribution in [3.8, 4) is 0 Å². The normalized spacial score (nSPS) is 24.2. The number of carbonyl (C=O) groups is 1. The Morgan fingerprint density at radius 3 is 2.81 bits per heavy atom. The molecule has 0 saturated heterocycles. The lowest BCUT2D eigenvalue weighted by Crippen LogP contribution is -2.45. The number of unbranched alkanes of at least 4 members (excludes halogenated alkanes) is 1. The van der Waals surface area contributed by atoms with Gasteiger partial charge in [0.1, 0.15) is 0 Å². The van der Waals surface area contributed by atoms with Gasteiger partial charge in [0.05, 0.1) is 17.8 Å². The van der Waals surface area contributed by atoms with E-state index in [0.717, 1.165) is 18.2 Å². The van der Waals surface area contributed by atoms with E-state index in [1.54, 1.807) is 0 Å². The van der Waals surface area contributed by atoms with Crippen molar-refractivity contribution in [2.24, 2.45) is 5.73 Å². The van der Waals surface area contributed by atoms with Crippen molar-refractivity contribution in [1.82, 2.24) is 5.32 Å². The number of hydrogen-bond acceptors (Lipinski definition) is 4. The Morgan fingerprint density at radius 1 is 1.62 bits per heavy atom. The van der Waals surface area contributed by atoms with E-state index < -0.39 is 21.9 Å². The van der Waals surface area contributed by atoms with E-state index in [4.69, 9.17) is 5.73 Å². The summed E-state index contributed by atoms with van der Waals surface area (Å²) in [7, 11) is -3.12. The van der Waals surface area contributed by atoms with Crippen LogP contribution in [0.3, 0.4) is 0 Å². The number of amides is 1. The molecule has 92 valence electrons. The van der Waals surface area contributed by atoms with Gasteiger partial charge in [-0.25, -0.2) is 8.42 Å². The second kappa shape index (κ2) is 5.45. The number of hydrogen-bond donors (Lipinski definition) is 2. The monoisotopic (exact) mass is 246 g/mol. The van der Waals surface area contributed by atoms with Crippen molar-refractivity contribution >= 4 is 15.7 Å². The van der Waals surface area contributed by atoms with Crippen molar-refractivity contribution < 1.29 is 13.2 Å². The highest BCUT2D eigenvalue weighted by Gasteiger charge is 2.24.